The Morgan fingerprint density at radius 2 is 1.44 bits per heavy atom. The molecule has 0 bridgehead atoms. The molecule has 1 atom stereocenters. The van der Waals surface area contributed by atoms with Crippen LogP contribution in [0, 0.1) is 5.92 Å². The zero-order chi connectivity index (χ0) is 17.9. The zero-order valence-electron chi connectivity index (χ0n) is 15.5. The molecule has 1 aromatic carbocycles. The van der Waals surface area contributed by atoms with Gasteiger partial charge in [-0.25, -0.2) is 0 Å². The van der Waals surface area contributed by atoms with Crippen molar-refractivity contribution < 1.29 is 19.0 Å². The first-order valence-electron chi connectivity index (χ1n) is 9.25. The van der Waals surface area contributed by atoms with Crippen molar-refractivity contribution in [1.29, 1.82) is 0 Å². The van der Waals surface area contributed by atoms with Gasteiger partial charge in [-0.05, 0) is 17.9 Å². The molecule has 0 aromatic heterocycles. The first-order chi connectivity index (χ1) is 12.2. The molecule has 1 heterocycles. The van der Waals surface area contributed by atoms with Crippen molar-refractivity contribution in [2.45, 2.75) is 26.2 Å². The van der Waals surface area contributed by atoms with Gasteiger partial charge in [0.05, 0.1) is 45.6 Å². The van der Waals surface area contributed by atoms with Crippen molar-refractivity contribution in [3.63, 3.8) is 0 Å². The van der Waals surface area contributed by atoms with E-state index in [4.69, 9.17) is 14.2 Å². The van der Waals surface area contributed by atoms with E-state index in [0.29, 0.717) is 58.6 Å². The number of rotatable bonds is 4. The maximum Gasteiger partial charge on any atom is 0.230 e. The molecule has 5 nitrogen and oxygen atoms in total. The van der Waals surface area contributed by atoms with Crippen LogP contribution in [0.4, 0.5) is 0 Å². The number of hydrogen-bond donors (Lipinski definition) is 0. The second-order valence-corrected chi connectivity index (χ2v) is 6.76. The molecule has 5 heteroatoms. The van der Waals surface area contributed by atoms with Gasteiger partial charge in [0.2, 0.25) is 5.91 Å². The first-order valence-corrected chi connectivity index (χ1v) is 9.25. The summed E-state index contributed by atoms with van der Waals surface area (Å²) < 4.78 is 16.6. The number of carbonyl (C=O) groups excluding carboxylic acids is 1. The summed E-state index contributed by atoms with van der Waals surface area (Å²) in [6.45, 7) is 8.78. The van der Waals surface area contributed by atoms with Crippen LogP contribution in [0.2, 0.25) is 0 Å². The van der Waals surface area contributed by atoms with Crippen molar-refractivity contribution in [3.8, 4) is 0 Å². The average Bonchev–Trinajstić information content (AvgIpc) is 2.60. The molecule has 1 amide bonds. The lowest BCUT2D eigenvalue weighted by Gasteiger charge is -2.29. The quantitative estimate of drug-likeness (QED) is 0.839. The number of amides is 1. The van der Waals surface area contributed by atoms with Crippen molar-refractivity contribution >= 4 is 5.91 Å². The van der Waals surface area contributed by atoms with Crippen LogP contribution >= 0.6 is 0 Å². The van der Waals surface area contributed by atoms with Crippen LogP contribution in [0.3, 0.4) is 0 Å². The minimum absolute atomic E-state index is 0.113. The van der Waals surface area contributed by atoms with Crippen molar-refractivity contribution in [1.82, 2.24) is 4.90 Å². The summed E-state index contributed by atoms with van der Waals surface area (Å²) in [5.41, 5.74) is 1.09. The van der Waals surface area contributed by atoms with E-state index in [1.165, 1.54) is 0 Å². The Bertz CT molecular complexity index is 480. The van der Waals surface area contributed by atoms with E-state index >= 15 is 0 Å². The molecule has 2 rings (SSSR count). The highest BCUT2D eigenvalue weighted by Crippen LogP contribution is 2.26. The average molecular weight is 349 g/mol. The molecule has 0 N–H and O–H groups in total. The molecular formula is C20H31NO4. The number of benzene rings is 1. The minimum atomic E-state index is -0.113. The number of carbonyl (C=O) groups is 1. The van der Waals surface area contributed by atoms with Gasteiger partial charge in [-0.1, -0.05) is 44.2 Å². The summed E-state index contributed by atoms with van der Waals surface area (Å²) in [6, 6.07) is 10.1. The highest BCUT2D eigenvalue weighted by Gasteiger charge is 2.26. The lowest BCUT2D eigenvalue weighted by atomic mass is 9.89. The lowest BCUT2D eigenvalue weighted by molar-refractivity contribution is -0.135. The molecule has 1 saturated heterocycles. The van der Waals surface area contributed by atoms with Crippen molar-refractivity contribution in [3.05, 3.63) is 35.9 Å². The Labute approximate surface area is 151 Å². The van der Waals surface area contributed by atoms with Crippen LogP contribution in [-0.2, 0) is 19.0 Å². The van der Waals surface area contributed by atoms with Crippen LogP contribution in [-0.4, -0.2) is 63.5 Å². The van der Waals surface area contributed by atoms with Crippen LogP contribution in [0.15, 0.2) is 30.3 Å². The minimum Gasteiger partial charge on any atom is -0.377 e. The second-order valence-electron chi connectivity index (χ2n) is 6.76. The Morgan fingerprint density at radius 3 is 1.96 bits per heavy atom. The number of hydrogen-bond acceptors (Lipinski definition) is 4. The van der Waals surface area contributed by atoms with E-state index < -0.39 is 0 Å². The van der Waals surface area contributed by atoms with Gasteiger partial charge in [-0.2, -0.15) is 0 Å². The maximum absolute atomic E-state index is 13.2. The third-order valence-electron chi connectivity index (χ3n) is 4.27. The smallest absolute Gasteiger partial charge is 0.230 e. The number of nitrogens with zero attached hydrogens (tertiary/aromatic N) is 1. The van der Waals surface area contributed by atoms with Gasteiger partial charge in [0.15, 0.2) is 0 Å². The van der Waals surface area contributed by atoms with E-state index in [-0.39, 0.29) is 11.8 Å². The fourth-order valence-corrected chi connectivity index (χ4v) is 2.98. The fourth-order valence-electron chi connectivity index (χ4n) is 2.98. The normalized spacial score (nSPS) is 19.1. The maximum atomic E-state index is 13.2. The molecule has 1 fully saturated rings. The Morgan fingerprint density at radius 1 is 0.920 bits per heavy atom. The summed E-state index contributed by atoms with van der Waals surface area (Å²) in [5, 5.41) is 0. The molecular weight excluding hydrogens is 318 g/mol. The van der Waals surface area contributed by atoms with Crippen LogP contribution in [0.25, 0.3) is 0 Å². The molecule has 25 heavy (non-hydrogen) atoms. The Kier molecular flexibility index (Phi) is 8.94. The summed E-state index contributed by atoms with van der Waals surface area (Å²) in [4.78, 5) is 15.1. The first kappa shape index (κ1) is 19.9. The zero-order valence-corrected chi connectivity index (χ0v) is 15.5. The Balaban J connectivity index is 2.07. The van der Waals surface area contributed by atoms with Crippen molar-refractivity contribution in [2.24, 2.45) is 5.92 Å². The molecule has 1 aromatic rings. The molecule has 0 aliphatic carbocycles. The molecule has 1 aliphatic rings. The summed E-state index contributed by atoms with van der Waals surface area (Å²) in [7, 11) is 0. The summed E-state index contributed by atoms with van der Waals surface area (Å²) in [6.07, 6.45) is 0.842. The van der Waals surface area contributed by atoms with Gasteiger partial charge in [0.25, 0.3) is 0 Å². The van der Waals surface area contributed by atoms with Gasteiger partial charge in [0, 0.05) is 13.1 Å². The predicted octanol–water partition coefficient (Wildman–Crippen LogP) is 2.71. The van der Waals surface area contributed by atoms with Gasteiger partial charge in [-0.3, -0.25) is 4.79 Å². The van der Waals surface area contributed by atoms with Crippen LogP contribution in [0.5, 0.6) is 0 Å². The lowest BCUT2D eigenvalue weighted by Crippen LogP contribution is -2.40. The van der Waals surface area contributed by atoms with E-state index in [9.17, 15) is 4.79 Å². The molecule has 140 valence electrons. The SMILES string of the molecule is CC(C)CC(C(=O)N1CCOCCOCCOCC1)c1ccccc1. The second kappa shape index (κ2) is 11.2. The molecule has 0 saturated carbocycles. The predicted molar refractivity (Wildman–Crippen MR) is 97.7 cm³/mol. The van der Waals surface area contributed by atoms with Gasteiger partial charge in [0.1, 0.15) is 0 Å². The third-order valence-corrected chi connectivity index (χ3v) is 4.27. The molecule has 1 aliphatic heterocycles. The highest BCUT2D eigenvalue weighted by atomic mass is 16.5. The van der Waals surface area contributed by atoms with Crippen molar-refractivity contribution in [2.75, 3.05) is 52.7 Å². The fraction of sp³-hybridized carbons (Fsp3) is 0.650. The molecule has 1 unspecified atom stereocenters. The molecule has 0 spiro atoms. The number of ether oxygens (including phenoxy) is 3. The highest BCUT2D eigenvalue weighted by molar-refractivity contribution is 5.83. The Hall–Kier alpha value is -1.43. The van der Waals surface area contributed by atoms with E-state index in [0.717, 1.165) is 12.0 Å². The van der Waals surface area contributed by atoms with Gasteiger partial charge >= 0.3 is 0 Å². The summed E-state index contributed by atoms with van der Waals surface area (Å²) >= 11 is 0. The van der Waals surface area contributed by atoms with Gasteiger partial charge < -0.3 is 19.1 Å². The van der Waals surface area contributed by atoms with Crippen LogP contribution in [0.1, 0.15) is 31.7 Å². The monoisotopic (exact) mass is 349 g/mol. The van der Waals surface area contributed by atoms with E-state index in [2.05, 4.69) is 13.8 Å². The standard InChI is InChI=1S/C20H31NO4/c1-17(2)16-19(18-6-4-3-5-7-18)20(22)21-8-10-23-12-14-25-15-13-24-11-9-21/h3-7,17,19H,8-16H2,1-2H3. The topological polar surface area (TPSA) is 48.0 Å². The van der Waals surface area contributed by atoms with Gasteiger partial charge in [-0.15, -0.1) is 0 Å². The largest absolute Gasteiger partial charge is 0.377 e. The van der Waals surface area contributed by atoms with E-state index in [1.807, 2.05) is 35.2 Å². The third kappa shape index (κ3) is 7.14. The van der Waals surface area contributed by atoms with E-state index in [1.54, 1.807) is 0 Å². The summed E-state index contributed by atoms with van der Waals surface area (Å²) in [5.74, 6) is 0.504. The molecule has 0 radical (unpaired) electrons. The van der Waals surface area contributed by atoms with Crippen LogP contribution < -0.4 is 0 Å².